The number of rotatable bonds is 4. The second kappa shape index (κ2) is 5.31. The van der Waals surface area contributed by atoms with Gasteiger partial charge in [0.25, 0.3) is 0 Å². The van der Waals surface area contributed by atoms with Crippen LogP contribution in [0.15, 0.2) is 30.6 Å². The van der Waals surface area contributed by atoms with E-state index in [1.807, 2.05) is 19.3 Å². The third kappa shape index (κ3) is 2.59. The SMILES string of the molecule is CCNC(C)c1ccc(F)cc1-c1cnn(C)c1. The second-order valence-electron chi connectivity index (χ2n) is 4.41. The van der Waals surface area contributed by atoms with E-state index in [-0.39, 0.29) is 11.9 Å². The van der Waals surface area contributed by atoms with Gasteiger partial charge in [-0.05, 0) is 36.7 Å². The molecule has 0 saturated heterocycles. The quantitative estimate of drug-likeness (QED) is 0.900. The number of nitrogens with zero attached hydrogens (tertiary/aromatic N) is 2. The van der Waals surface area contributed by atoms with Crippen LogP contribution in [0, 0.1) is 5.82 Å². The van der Waals surface area contributed by atoms with Gasteiger partial charge in [0.15, 0.2) is 0 Å². The van der Waals surface area contributed by atoms with E-state index in [0.29, 0.717) is 0 Å². The maximum absolute atomic E-state index is 13.4. The molecule has 0 saturated carbocycles. The average molecular weight is 247 g/mol. The molecular weight excluding hydrogens is 229 g/mol. The van der Waals surface area contributed by atoms with Crippen molar-refractivity contribution in [1.29, 1.82) is 0 Å². The summed E-state index contributed by atoms with van der Waals surface area (Å²) in [6, 6.07) is 5.10. The maximum atomic E-state index is 13.4. The molecule has 1 unspecified atom stereocenters. The smallest absolute Gasteiger partial charge is 0.123 e. The molecule has 0 spiro atoms. The summed E-state index contributed by atoms with van der Waals surface area (Å²) in [5.74, 6) is -0.221. The van der Waals surface area contributed by atoms with Crippen LogP contribution in [0.4, 0.5) is 4.39 Å². The van der Waals surface area contributed by atoms with Crippen molar-refractivity contribution >= 4 is 0 Å². The minimum atomic E-state index is -0.221. The zero-order valence-corrected chi connectivity index (χ0v) is 10.9. The van der Waals surface area contributed by atoms with Crippen molar-refractivity contribution in [3.05, 3.63) is 42.0 Å². The van der Waals surface area contributed by atoms with Crippen LogP contribution in [0.2, 0.25) is 0 Å². The van der Waals surface area contributed by atoms with E-state index in [1.165, 1.54) is 6.07 Å². The minimum Gasteiger partial charge on any atom is -0.310 e. The maximum Gasteiger partial charge on any atom is 0.123 e. The Balaban J connectivity index is 2.47. The summed E-state index contributed by atoms with van der Waals surface area (Å²) < 4.78 is 15.2. The van der Waals surface area contributed by atoms with Gasteiger partial charge in [-0.15, -0.1) is 0 Å². The van der Waals surface area contributed by atoms with Gasteiger partial charge in [0.1, 0.15) is 5.82 Å². The number of halogens is 1. The van der Waals surface area contributed by atoms with Gasteiger partial charge in [0.05, 0.1) is 6.20 Å². The van der Waals surface area contributed by atoms with Crippen LogP contribution in [0.25, 0.3) is 11.1 Å². The third-order valence-corrected chi connectivity index (χ3v) is 3.01. The fourth-order valence-corrected chi connectivity index (χ4v) is 2.13. The first-order valence-electron chi connectivity index (χ1n) is 6.13. The average Bonchev–Trinajstić information content (AvgIpc) is 2.76. The van der Waals surface area contributed by atoms with Gasteiger partial charge in [-0.2, -0.15) is 5.10 Å². The van der Waals surface area contributed by atoms with E-state index in [1.54, 1.807) is 16.9 Å². The lowest BCUT2D eigenvalue weighted by atomic mass is 9.97. The number of benzene rings is 1. The lowest BCUT2D eigenvalue weighted by Crippen LogP contribution is -2.18. The van der Waals surface area contributed by atoms with E-state index < -0.39 is 0 Å². The van der Waals surface area contributed by atoms with Crippen LogP contribution in [0.3, 0.4) is 0 Å². The van der Waals surface area contributed by atoms with Gasteiger partial charge in [-0.25, -0.2) is 4.39 Å². The summed E-state index contributed by atoms with van der Waals surface area (Å²) in [4.78, 5) is 0. The molecule has 2 aromatic rings. The number of aromatic nitrogens is 2. The van der Waals surface area contributed by atoms with Crippen molar-refractivity contribution in [2.24, 2.45) is 7.05 Å². The van der Waals surface area contributed by atoms with Gasteiger partial charge in [-0.3, -0.25) is 4.68 Å². The van der Waals surface area contributed by atoms with Crippen molar-refractivity contribution in [3.63, 3.8) is 0 Å². The van der Waals surface area contributed by atoms with Gasteiger partial charge in [0.2, 0.25) is 0 Å². The van der Waals surface area contributed by atoms with Crippen molar-refractivity contribution in [3.8, 4) is 11.1 Å². The highest BCUT2D eigenvalue weighted by Gasteiger charge is 2.13. The van der Waals surface area contributed by atoms with E-state index >= 15 is 0 Å². The van der Waals surface area contributed by atoms with Crippen molar-refractivity contribution < 1.29 is 4.39 Å². The normalized spacial score (nSPS) is 12.7. The Morgan fingerprint density at radius 3 is 2.83 bits per heavy atom. The van der Waals surface area contributed by atoms with E-state index in [2.05, 4.69) is 24.3 Å². The van der Waals surface area contributed by atoms with Crippen LogP contribution in [-0.2, 0) is 7.05 Å². The fourth-order valence-electron chi connectivity index (χ4n) is 2.13. The molecule has 0 aliphatic rings. The molecule has 0 bridgehead atoms. The minimum absolute atomic E-state index is 0.186. The molecular formula is C14H18FN3. The number of hydrogen-bond acceptors (Lipinski definition) is 2. The second-order valence-corrected chi connectivity index (χ2v) is 4.41. The predicted octanol–water partition coefficient (Wildman–Crippen LogP) is 2.90. The summed E-state index contributed by atoms with van der Waals surface area (Å²) in [6.45, 7) is 5.02. The Hall–Kier alpha value is -1.68. The lowest BCUT2D eigenvalue weighted by Gasteiger charge is -2.16. The highest BCUT2D eigenvalue weighted by atomic mass is 19.1. The molecule has 0 amide bonds. The summed E-state index contributed by atoms with van der Waals surface area (Å²) >= 11 is 0. The fraction of sp³-hybridized carbons (Fsp3) is 0.357. The first-order chi connectivity index (χ1) is 8.61. The topological polar surface area (TPSA) is 29.9 Å². The molecule has 96 valence electrons. The number of hydrogen-bond donors (Lipinski definition) is 1. The molecule has 3 nitrogen and oxygen atoms in total. The molecule has 18 heavy (non-hydrogen) atoms. The van der Waals surface area contributed by atoms with E-state index in [0.717, 1.165) is 23.2 Å². The van der Waals surface area contributed by atoms with Crippen molar-refractivity contribution in [2.45, 2.75) is 19.9 Å². The van der Waals surface area contributed by atoms with Crippen LogP contribution in [-0.4, -0.2) is 16.3 Å². The standard InChI is InChI=1S/C14H18FN3/c1-4-16-10(2)13-6-5-12(15)7-14(13)11-8-17-18(3)9-11/h5-10,16H,4H2,1-3H3. The molecule has 1 N–H and O–H groups in total. The molecule has 1 heterocycles. The Labute approximate surface area is 107 Å². The highest BCUT2D eigenvalue weighted by molar-refractivity contribution is 5.66. The Morgan fingerprint density at radius 2 is 2.22 bits per heavy atom. The summed E-state index contributed by atoms with van der Waals surface area (Å²) in [6.07, 6.45) is 3.66. The largest absolute Gasteiger partial charge is 0.310 e. The number of nitrogens with one attached hydrogen (secondary N) is 1. The van der Waals surface area contributed by atoms with Crippen LogP contribution in [0.5, 0.6) is 0 Å². The van der Waals surface area contributed by atoms with Gasteiger partial charge >= 0.3 is 0 Å². The van der Waals surface area contributed by atoms with Crippen molar-refractivity contribution in [1.82, 2.24) is 15.1 Å². The summed E-state index contributed by atoms with van der Waals surface area (Å²) in [7, 11) is 1.86. The van der Waals surface area contributed by atoms with Crippen LogP contribution >= 0.6 is 0 Å². The Bertz CT molecular complexity index is 534. The zero-order chi connectivity index (χ0) is 13.1. The molecule has 0 fully saturated rings. The molecule has 0 radical (unpaired) electrons. The molecule has 0 aliphatic heterocycles. The monoisotopic (exact) mass is 247 g/mol. The molecule has 1 aromatic carbocycles. The molecule has 1 aromatic heterocycles. The Kier molecular flexibility index (Phi) is 3.77. The van der Waals surface area contributed by atoms with Crippen LogP contribution in [0.1, 0.15) is 25.5 Å². The first kappa shape index (κ1) is 12.8. The molecule has 1 atom stereocenters. The summed E-state index contributed by atoms with van der Waals surface area (Å²) in [5.41, 5.74) is 2.93. The Morgan fingerprint density at radius 1 is 1.44 bits per heavy atom. The molecule has 0 aliphatic carbocycles. The van der Waals surface area contributed by atoms with Crippen LogP contribution < -0.4 is 5.32 Å². The first-order valence-corrected chi connectivity index (χ1v) is 6.13. The molecule has 2 rings (SSSR count). The third-order valence-electron chi connectivity index (χ3n) is 3.01. The zero-order valence-electron chi connectivity index (χ0n) is 10.9. The van der Waals surface area contributed by atoms with E-state index in [9.17, 15) is 4.39 Å². The molecule has 4 heteroatoms. The highest BCUT2D eigenvalue weighted by Crippen LogP contribution is 2.28. The predicted molar refractivity (Wildman–Crippen MR) is 70.7 cm³/mol. The van der Waals surface area contributed by atoms with Gasteiger partial charge < -0.3 is 5.32 Å². The number of aryl methyl sites for hydroxylation is 1. The van der Waals surface area contributed by atoms with Gasteiger partial charge in [0, 0.05) is 24.8 Å². The van der Waals surface area contributed by atoms with Crippen molar-refractivity contribution in [2.75, 3.05) is 6.54 Å². The van der Waals surface area contributed by atoms with E-state index in [4.69, 9.17) is 0 Å². The van der Waals surface area contributed by atoms with Gasteiger partial charge in [-0.1, -0.05) is 13.0 Å². The lowest BCUT2D eigenvalue weighted by molar-refractivity contribution is 0.593. The summed E-state index contributed by atoms with van der Waals surface area (Å²) in [5, 5.41) is 7.49.